The van der Waals surface area contributed by atoms with E-state index in [1.165, 1.54) is 0 Å². The van der Waals surface area contributed by atoms with Crippen LogP contribution in [0.4, 0.5) is 5.82 Å². The van der Waals surface area contributed by atoms with Crippen molar-refractivity contribution in [2.24, 2.45) is 0 Å². The number of thiazole rings is 1. The number of benzene rings is 1. The molecule has 0 bridgehead atoms. The van der Waals surface area contributed by atoms with E-state index < -0.39 is 0 Å². The van der Waals surface area contributed by atoms with Crippen LogP contribution in [0.3, 0.4) is 0 Å². The first kappa shape index (κ1) is 14.2. The van der Waals surface area contributed by atoms with Crippen molar-refractivity contribution in [1.29, 1.82) is 5.26 Å². The van der Waals surface area contributed by atoms with E-state index in [-0.39, 0.29) is 0 Å². The second-order valence-electron chi connectivity index (χ2n) is 4.60. The van der Waals surface area contributed by atoms with Crippen LogP contribution in [0.1, 0.15) is 11.4 Å². The first-order valence-corrected chi connectivity index (χ1v) is 7.70. The average molecular weight is 307 g/mol. The summed E-state index contributed by atoms with van der Waals surface area (Å²) in [7, 11) is 0. The zero-order valence-corrected chi connectivity index (χ0v) is 12.5. The molecule has 1 aromatic carbocycles. The molecule has 2 aromatic heterocycles. The minimum Gasteiger partial charge on any atom is -0.368 e. The summed E-state index contributed by atoms with van der Waals surface area (Å²) in [5, 5.41) is 22.7. The fraction of sp³-hybridized carbons (Fsp3) is 0.125. The minimum absolute atomic E-state index is 0.317. The van der Waals surface area contributed by atoms with Gasteiger partial charge in [0.15, 0.2) is 5.69 Å². The van der Waals surface area contributed by atoms with Crippen LogP contribution in [-0.4, -0.2) is 21.7 Å². The van der Waals surface area contributed by atoms with Crippen LogP contribution >= 0.6 is 11.3 Å². The van der Waals surface area contributed by atoms with Crippen LogP contribution in [0, 0.1) is 11.3 Å². The summed E-state index contributed by atoms with van der Waals surface area (Å²) in [6.07, 6.45) is 0.811. The Labute approximate surface area is 132 Å². The maximum Gasteiger partial charge on any atom is 0.163 e. The molecule has 22 heavy (non-hydrogen) atoms. The molecule has 3 aromatic rings. The SMILES string of the molecule is N#Cc1ccc(NCCc2csc(-c3ccccc3)n2)nn1. The van der Waals surface area contributed by atoms with E-state index in [4.69, 9.17) is 5.26 Å². The number of hydrogen-bond donors (Lipinski definition) is 1. The van der Waals surface area contributed by atoms with Crippen molar-refractivity contribution in [1.82, 2.24) is 15.2 Å². The Morgan fingerprint density at radius 2 is 1.95 bits per heavy atom. The van der Waals surface area contributed by atoms with Crippen molar-refractivity contribution in [3.05, 3.63) is 59.2 Å². The van der Waals surface area contributed by atoms with Crippen LogP contribution in [0.2, 0.25) is 0 Å². The lowest BCUT2D eigenvalue weighted by Gasteiger charge is -2.02. The molecule has 6 heteroatoms. The molecule has 0 radical (unpaired) electrons. The van der Waals surface area contributed by atoms with Crippen molar-refractivity contribution < 1.29 is 0 Å². The van der Waals surface area contributed by atoms with Crippen LogP contribution in [-0.2, 0) is 6.42 Å². The zero-order chi connectivity index (χ0) is 15.2. The predicted molar refractivity (Wildman–Crippen MR) is 86.5 cm³/mol. The highest BCUT2D eigenvalue weighted by Gasteiger charge is 2.04. The second kappa shape index (κ2) is 6.78. The first-order valence-electron chi connectivity index (χ1n) is 6.83. The Balaban J connectivity index is 1.56. The molecular weight excluding hydrogens is 294 g/mol. The van der Waals surface area contributed by atoms with E-state index in [0.29, 0.717) is 11.5 Å². The van der Waals surface area contributed by atoms with Gasteiger partial charge in [0.25, 0.3) is 0 Å². The molecule has 0 aliphatic carbocycles. The fourth-order valence-electron chi connectivity index (χ4n) is 1.94. The molecule has 0 aliphatic heterocycles. The Morgan fingerprint density at radius 3 is 2.68 bits per heavy atom. The number of anilines is 1. The molecule has 108 valence electrons. The van der Waals surface area contributed by atoms with Gasteiger partial charge in [-0.25, -0.2) is 4.98 Å². The van der Waals surface area contributed by atoms with E-state index in [9.17, 15) is 0 Å². The Kier molecular flexibility index (Phi) is 4.37. The third-order valence-corrected chi connectivity index (χ3v) is 3.98. The standard InChI is InChI=1S/C16H13N5S/c17-10-13-6-7-15(21-20-13)18-9-8-14-11-22-16(19-14)12-4-2-1-3-5-12/h1-7,11H,8-9H2,(H,18,21). The zero-order valence-electron chi connectivity index (χ0n) is 11.7. The van der Waals surface area contributed by atoms with Crippen LogP contribution < -0.4 is 5.32 Å². The third kappa shape index (κ3) is 3.45. The summed E-state index contributed by atoms with van der Waals surface area (Å²) in [5.74, 6) is 0.664. The molecule has 0 saturated heterocycles. The Hall–Kier alpha value is -2.78. The molecule has 0 spiro atoms. The highest BCUT2D eigenvalue weighted by Crippen LogP contribution is 2.23. The molecule has 1 N–H and O–H groups in total. The molecule has 0 amide bonds. The van der Waals surface area contributed by atoms with Gasteiger partial charge in [-0.3, -0.25) is 0 Å². The second-order valence-corrected chi connectivity index (χ2v) is 5.46. The summed E-state index contributed by atoms with van der Waals surface area (Å²) in [6, 6.07) is 15.5. The molecule has 0 atom stereocenters. The maximum atomic E-state index is 8.67. The molecular formula is C16H13N5S. The molecule has 0 saturated carbocycles. The van der Waals surface area contributed by atoms with Gasteiger partial charge >= 0.3 is 0 Å². The topological polar surface area (TPSA) is 74.5 Å². The number of aromatic nitrogens is 3. The predicted octanol–water partition coefficient (Wildman–Crippen LogP) is 3.13. The number of hydrogen-bond acceptors (Lipinski definition) is 6. The van der Waals surface area contributed by atoms with Crippen molar-refractivity contribution in [3.8, 4) is 16.6 Å². The monoisotopic (exact) mass is 307 g/mol. The van der Waals surface area contributed by atoms with E-state index >= 15 is 0 Å². The smallest absolute Gasteiger partial charge is 0.163 e. The summed E-state index contributed by atoms with van der Waals surface area (Å²) < 4.78 is 0. The van der Waals surface area contributed by atoms with Gasteiger partial charge in [0, 0.05) is 23.9 Å². The quantitative estimate of drug-likeness (QED) is 0.784. The van der Waals surface area contributed by atoms with Gasteiger partial charge in [0.2, 0.25) is 0 Å². The molecule has 3 rings (SSSR count). The van der Waals surface area contributed by atoms with Gasteiger partial charge in [-0.15, -0.1) is 21.5 Å². The van der Waals surface area contributed by atoms with Crippen molar-refractivity contribution >= 4 is 17.2 Å². The normalized spacial score (nSPS) is 10.1. The van der Waals surface area contributed by atoms with Crippen molar-refractivity contribution in [2.45, 2.75) is 6.42 Å². The lowest BCUT2D eigenvalue weighted by Crippen LogP contribution is -2.07. The summed E-state index contributed by atoms with van der Waals surface area (Å²) in [5.41, 5.74) is 2.51. The summed E-state index contributed by atoms with van der Waals surface area (Å²) in [6.45, 7) is 0.721. The summed E-state index contributed by atoms with van der Waals surface area (Å²) >= 11 is 1.65. The molecule has 0 fully saturated rings. The third-order valence-electron chi connectivity index (χ3n) is 3.04. The lowest BCUT2D eigenvalue weighted by molar-refractivity contribution is 0.941. The van der Waals surface area contributed by atoms with Crippen molar-refractivity contribution in [3.63, 3.8) is 0 Å². The summed E-state index contributed by atoms with van der Waals surface area (Å²) in [4.78, 5) is 4.64. The van der Waals surface area contributed by atoms with E-state index in [1.807, 2.05) is 24.3 Å². The molecule has 2 heterocycles. The van der Waals surface area contributed by atoms with Crippen molar-refractivity contribution in [2.75, 3.05) is 11.9 Å². The molecule has 5 nitrogen and oxygen atoms in total. The van der Waals surface area contributed by atoms with Crippen LogP contribution in [0.5, 0.6) is 0 Å². The van der Waals surface area contributed by atoms with E-state index in [0.717, 1.165) is 29.2 Å². The van der Waals surface area contributed by atoms with Gasteiger partial charge in [0.1, 0.15) is 16.9 Å². The molecule has 0 unspecified atom stereocenters. The number of nitrogens with zero attached hydrogens (tertiary/aromatic N) is 4. The number of nitrogens with one attached hydrogen (secondary N) is 1. The lowest BCUT2D eigenvalue weighted by atomic mass is 10.2. The average Bonchev–Trinajstić information content (AvgIpc) is 3.05. The largest absolute Gasteiger partial charge is 0.368 e. The Bertz CT molecular complexity index is 774. The first-order chi connectivity index (χ1) is 10.8. The van der Waals surface area contributed by atoms with Crippen LogP contribution in [0.25, 0.3) is 10.6 Å². The number of rotatable bonds is 5. The van der Waals surface area contributed by atoms with Gasteiger partial charge in [-0.1, -0.05) is 30.3 Å². The maximum absolute atomic E-state index is 8.67. The van der Waals surface area contributed by atoms with Crippen LogP contribution in [0.15, 0.2) is 47.8 Å². The highest BCUT2D eigenvalue weighted by atomic mass is 32.1. The van der Waals surface area contributed by atoms with Gasteiger partial charge in [-0.2, -0.15) is 5.26 Å². The fourth-order valence-corrected chi connectivity index (χ4v) is 2.80. The van der Waals surface area contributed by atoms with Gasteiger partial charge in [-0.05, 0) is 12.1 Å². The van der Waals surface area contributed by atoms with E-state index in [1.54, 1.807) is 23.5 Å². The molecule has 0 aliphatic rings. The highest BCUT2D eigenvalue weighted by molar-refractivity contribution is 7.13. The van der Waals surface area contributed by atoms with Gasteiger partial charge in [0.05, 0.1) is 5.69 Å². The Morgan fingerprint density at radius 1 is 1.09 bits per heavy atom. The number of nitriles is 1. The van der Waals surface area contributed by atoms with E-state index in [2.05, 4.69) is 38.0 Å². The van der Waals surface area contributed by atoms with Gasteiger partial charge < -0.3 is 5.32 Å². The minimum atomic E-state index is 0.317.